The quantitative estimate of drug-likeness (QED) is 0.0263. The van der Waals surface area contributed by atoms with Crippen LogP contribution in [0.4, 0.5) is 0 Å². The number of carbonyl (C=O) groups is 3. The van der Waals surface area contributed by atoms with E-state index in [0.29, 0.717) is 19.3 Å². The molecule has 6 nitrogen and oxygen atoms in total. The van der Waals surface area contributed by atoms with Gasteiger partial charge >= 0.3 is 17.9 Å². The summed E-state index contributed by atoms with van der Waals surface area (Å²) in [6.45, 7) is 6.08. The molecule has 0 spiro atoms. The zero-order valence-electron chi connectivity index (χ0n) is 40.7. The Labute approximate surface area is 396 Å². The first-order chi connectivity index (χ1) is 32.0. The molecule has 0 aromatic rings. The van der Waals surface area contributed by atoms with Crippen LogP contribution in [0.3, 0.4) is 0 Å². The van der Waals surface area contributed by atoms with E-state index in [2.05, 4.69) is 167 Å². The molecule has 0 amide bonds. The van der Waals surface area contributed by atoms with Crippen LogP contribution < -0.4 is 0 Å². The summed E-state index contributed by atoms with van der Waals surface area (Å²) in [5.41, 5.74) is 0. The van der Waals surface area contributed by atoms with Crippen LogP contribution in [0, 0.1) is 0 Å². The Morgan fingerprint density at radius 1 is 0.308 bits per heavy atom. The van der Waals surface area contributed by atoms with Crippen LogP contribution in [0.5, 0.6) is 0 Å². The summed E-state index contributed by atoms with van der Waals surface area (Å²) in [7, 11) is 0. The van der Waals surface area contributed by atoms with Gasteiger partial charge < -0.3 is 14.2 Å². The highest BCUT2D eigenvalue weighted by Gasteiger charge is 2.19. The van der Waals surface area contributed by atoms with Crippen LogP contribution in [0.25, 0.3) is 0 Å². The van der Waals surface area contributed by atoms with E-state index in [0.717, 1.165) is 103 Å². The van der Waals surface area contributed by atoms with Crippen LogP contribution >= 0.6 is 0 Å². The Kier molecular flexibility index (Phi) is 47.3. The molecule has 0 aliphatic heterocycles. The summed E-state index contributed by atoms with van der Waals surface area (Å²) < 4.78 is 16.6. The van der Waals surface area contributed by atoms with Crippen molar-refractivity contribution < 1.29 is 28.6 Å². The van der Waals surface area contributed by atoms with Crippen LogP contribution in [-0.4, -0.2) is 37.2 Å². The highest BCUT2D eigenvalue weighted by Crippen LogP contribution is 2.08. The monoisotopic (exact) mass is 891 g/mol. The van der Waals surface area contributed by atoms with Crippen molar-refractivity contribution in [3.8, 4) is 0 Å². The number of unbranched alkanes of at least 4 members (excludes halogenated alkanes) is 2. The molecular formula is C59H86O6. The molecule has 0 aromatic heterocycles. The van der Waals surface area contributed by atoms with Gasteiger partial charge in [0.2, 0.25) is 0 Å². The molecule has 0 aliphatic rings. The Bertz CT molecular complexity index is 1590. The molecule has 65 heavy (non-hydrogen) atoms. The van der Waals surface area contributed by atoms with Crippen LogP contribution in [0.15, 0.2) is 170 Å². The molecule has 1 unspecified atom stereocenters. The third kappa shape index (κ3) is 49.6. The van der Waals surface area contributed by atoms with Gasteiger partial charge in [-0.25, -0.2) is 0 Å². The van der Waals surface area contributed by atoms with Crippen molar-refractivity contribution in [1.29, 1.82) is 0 Å². The molecule has 0 N–H and O–H groups in total. The fourth-order valence-corrected chi connectivity index (χ4v) is 5.65. The summed E-state index contributed by atoms with van der Waals surface area (Å²) in [4.78, 5) is 37.8. The van der Waals surface area contributed by atoms with Crippen molar-refractivity contribution in [2.75, 3.05) is 13.2 Å². The van der Waals surface area contributed by atoms with Crippen molar-refractivity contribution >= 4 is 17.9 Å². The van der Waals surface area contributed by atoms with E-state index in [9.17, 15) is 14.4 Å². The van der Waals surface area contributed by atoms with Gasteiger partial charge in [-0.3, -0.25) is 14.4 Å². The molecule has 0 heterocycles. The smallest absolute Gasteiger partial charge is 0.306 e. The Morgan fingerprint density at radius 3 is 0.892 bits per heavy atom. The van der Waals surface area contributed by atoms with E-state index in [-0.39, 0.29) is 38.4 Å². The lowest BCUT2D eigenvalue weighted by atomic mass is 10.2. The maximum atomic E-state index is 12.7. The number of carbonyl (C=O) groups excluding carboxylic acids is 3. The van der Waals surface area contributed by atoms with Crippen LogP contribution in [0.2, 0.25) is 0 Å². The second-order valence-electron chi connectivity index (χ2n) is 15.2. The number of allylic oxidation sites excluding steroid dienone is 28. The highest BCUT2D eigenvalue weighted by atomic mass is 16.6. The lowest BCUT2D eigenvalue weighted by Gasteiger charge is -2.18. The van der Waals surface area contributed by atoms with E-state index in [1.807, 2.05) is 24.3 Å². The van der Waals surface area contributed by atoms with E-state index in [1.54, 1.807) is 0 Å². The summed E-state index contributed by atoms with van der Waals surface area (Å²) in [6.07, 6.45) is 76.5. The Balaban J connectivity index is 4.69. The zero-order valence-corrected chi connectivity index (χ0v) is 40.7. The van der Waals surface area contributed by atoms with Crippen molar-refractivity contribution in [3.63, 3.8) is 0 Å². The third-order valence-electron chi connectivity index (χ3n) is 9.22. The van der Waals surface area contributed by atoms with Gasteiger partial charge in [0.1, 0.15) is 13.2 Å². The minimum atomic E-state index is -0.872. The second kappa shape index (κ2) is 51.4. The zero-order chi connectivity index (χ0) is 47.2. The first-order valence-corrected chi connectivity index (χ1v) is 24.6. The summed E-state index contributed by atoms with van der Waals surface area (Å²) in [6, 6.07) is 0. The first-order valence-electron chi connectivity index (χ1n) is 24.6. The van der Waals surface area contributed by atoms with Crippen LogP contribution in [-0.2, 0) is 28.6 Å². The minimum Gasteiger partial charge on any atom is -0.462 e. The molecule has 0 bridgehead atoms. The number of rotatable bonds is 41. The average Bonchev–Trinajstić information content (AvgIpc) is 3.30. The lowest BCUT2D eigenvalue weighted by Crippen LogP contribution is -2.30. The normalized spacial score (nSPS) is 13.6. The molecular weight excluding hydrogens is 805 g/mol. The predicted octanol–water partition coefficient (Wildman–Crippen LogP) is 16.4. The number of esters is 3. The number of hydrogen-bond donors (Lipinski definition) is 0. The molecule has 0 radical (unpaired) electrons. The van der Waals surface area contributed by atoms with Gasteiger partial charge in [-0.2, -0.15) is 0 Å². The van der Waals surface area contributed by atoms with Gasteiger partial charge in [-0.15, -0.1) is 0 Å². The molecule has 1 atom stereocenters. The fraction of sp³-hybridized carbons (Fsp3) is 0.475. The maximum Gasteiger partial charge on any atom is 0.306 e. The molecule has 0 saturated carbocycles. The maximum absolute atomic E-state index is 12.7. The average molecular weight is 891 g/mol. The van der Waals surface area contributed by atoms with E-state index < -0.39 is 18.0 Å². The Morgan fingerprint density at radius 2 is 0.569 bits per heavy atom. The van der Waals surface area contributed by atoms with E-state index >= 15 is 0 Å². The molecule has 0 aliphatic carbocycles. The fourth-order valence-electron chi connectivity index (χ4n) is 5.65. The van der Waals surface area contributed by atoms with Gasteiger partial charge in [0.05, 0.1) is 0 Å². The second-order valence-corrected chi connectivity index (χ2v) is 15.2. The number of ether oxygens (including phenoxy) is 3. The SMILES string of the molecule is CC/C=C\C/C=C\C/C=C\C/C=C\C/C=C\C/C=C\CCC(=O)OCC(COC(=O)CCCC/C=C\C/C=C\C/C=C\CC)OC(=O)CC/C=C\C/C=C\C/C=C\C/C=C\C/C=C\CC. The minimum absolute atomic E-state index is 0.160. The molecule has 0 fully saturated rings. The van der Waals surface area contributed by atoms with Gasteiger partial charge in [0.25, 0.3) is 0 Å². The molecule has 0 saturated heterocycles. The molecule has 358 valence electrons. The summed E-state index contributed by atoms with van der Waals surface area (Å²) >= 11 is 0. The Hall–Kier alpha value is -5.23. The van der Waals surface area contributed by atoms with E-state index in [1.165, 1.54) is 0 Å². The van der Waals surface area contributed by atoms with Crippen LogP contribution in [0.1, 0.15) is 162 Å². The first kappa shape index (κ1) is 59.8. The van der Waals surface area contributed by atoms with Gasteiger partial charge in [0.15, 0.2) is 6.10 Å². The highest BCUT2D eigenvalue weighted by molar-refractivity contribution is 5.71. The lowest BCUT2D eigenvalue weighted by molar-refractivity contribution is -0.166. The summed E-state index contributed by atoms with van der Waals surface area (Å²) in [5, 5.41) is 0. The van der Waals surface area contributed by atoms with Crippen molar-refractivity contribution in [1.82, 2.24) is 0 Å². The van der Waals surface area contributed by atoms with Gasteiger partial charge in [-0.05, 0) is 122 Å². The van der Waals surface area contributed by atoms with Gasteiger partial charge in [-0.1, -0.05) is 191 Å². The molecule has 6 heteroatoms. The van der Waals surface area contributed by atoms with Gasteiger partial charge in [0, 0.05) is 19.3 Å². The predicted molar refractivity (Wildman–Crippen MR) is 278 cm³/mol. The third-order valence-corrected chi connectivity index (χ3v) is 9.22. The molecule has 0 rings (SSSR count). The van der Waals surface area contributed by atoms with Crippen molar-refractivity contribution in [2.24, 2.45) is 0 Å². The van der Waals surface area contributed by atoms with Crippen molar-refractivity contribution in [3.05, 3.63) is 170 Å². The summed E-state index contributed by atoms with van der Waals surface area (Å²) in [5.74, 6) is -1.19. The largest absolute Gasteiger partial charge is 0.462 e. The van der Waals surface area contributed by atoms with Crippen molar-refractivity contribution in [2.45, 2.75) is 168 Å². The standard InChI is InChI=1S/C59H86O6/c1-4-7-10-13-16-19-22-25-27-29-30-31-33-34-37-40-43-46-49-52-58(61)64-55-56(54-63-57(60)51-48-45-42-39-36-24-21-18-15-12-9-6-3)65-59(62)53-50-47-44-41-38-35-32-28-26-23-20-17-14-11-8-5-2/h7-12,16-21,25-28,30-31,34-39,43-44,46-47,56H,4-6,13-15,22-24,29,32-33,40-42,45,48-55H2,1-3H3/b10-7-,11-8-,12-9-,19-16-,20-17-,21-18-,27-25-,28-26-,31-30-,37-34-,38-35-,39-36-,46-43-,47-44-. The number of hydrogen-bond acceptors (Lipinski definition) is 6. The topological polar surface area (TPSA) is 78.9 Å². The van der Waals surface area contributed by atoms with E-state index in [4.69, 9.17) is 14.2 Å². The molecule has 0 aromatic carbocycles.